The van der Waals surface area contributed by atoms with Gasteiger partial charge in [0.15, 0.2) is 16.8 Å². The molecule has 0 bridgehead atoms. The van der Waals surface area contributed by atoms with Crippen molar-refractivity contribution < 1.29 is 4.52 Å². The molecule has 0 saturated carbocycles. The largest absolute Gasteiger partial charge is 0.334 e. The van der Waals surface area contributed by atoms with Gasteiger partial charge in [0.1, 0.15) is 0 Å². The maximum Gasteiger partial charge on any atom is 0.258 e. The van der Waals surface area contributed by atoms with E-state index in [4.69, 9.17) is 16.1 Å². The first-order chi connectivity index (χ1) is 15.7. The van der Waals surface area contributed by atoms with Crippen molar-refractivity contribution >= 4 is 34.7 Å². The van der Waals surface area contributed by atoms with Crippen molar-refractivity contribution in [3.8, 4) is 22.2 Å². The molecule has 0 spiro atoms. The third-order valence-corrected chi connectivity index (χ3v) is 6.82. The number of rotatable bonds is 7. The summed E-state index contributed by atoms with van der Waals surface area (Å²) in [4.78, 5) is 5.59. The van der Waals surface area contributed by atoms with Gasteiger partial charge in [-0.3, -0.25) is 4.57 Å². The number of halogens is 1. The van der Waals surface area contributed by atoms with Crippen LogP contribution in [0.25, 0.3) is 22.2 Å². The van der Waals surface area contributed by atoms with E-state index < -0.39 is 0 Å². The van der Waals surface area contributed by atoms with Gasteiger partial charge in [-0.25, -0.2) is 0 Å². The molecule has 0 atom stereocenters. The van der Waals surface area contributed by atoms with Crippen molar-refractivity contribution in [1.82, 2.24) is 24.9 Å². The van der Waals surface area contributed by atoms with E-state index in [-0.39, 0.29) is 0 Å². The topological polar surface area (TPSA) is 69.6 Å². The molecular formula is C23H18ClN5OS2. The molecule has 2 aromatic carbocycles. The lowest BCUT2D eigenvalue weighted by atomic mass is 10.1. The van der Waals surface area contributed by atoms with E-state index >= 15 is 0 Å². The summed E-state index contributed by atoms with van der Waals surface area (Å²) in [5, 5.41) is 16.5. The van der Waals surface area contributed by atoms with E-state index in [0.29, 0.717) is 29.0 Å². The van der Waals surface area contributed by atoms with Crippen LogP contribution >= 0.6 is 34.7 Å². The Labute approximate surface area is 198 Å². The number of thioether (sulfide) groups is 1. The average Bonchev–Trinajstić information content (AvgIpc) is 3.54. The van der Waals surface area contributed by atoms with Crippen LogP contribution in [0.1, 0.15) is 17.0 Å². The van der Waals surface area contributed by atoms with E-state index in [2.05, 4.69) is 62.2 Å². The maximum absolute atomic E-state index is 6.07. The first-order valence-corrected chi connectivity index (χ1v) is 12.1. The molecule has 3 aromatic heterocycles. The fourth-order valence-electron chi connectivity index (χ4n) is 3.30. The summed E-state index contributed by atoms with van der Waals surface area (Å²) in [5.74, 6) is 2.41. The second-order valence-corrected chi connectivity index (χ2v) is 9.50. The fraction of sp³-hybridized carbons (Fsp3) is 0.130. The minimum Gasteiger partial charge on any atom is -0.334 e. The standard InChI is InChI=1S/C23H18ClN5OS2/c1-15-5-2-6-16(11-15)13-29-21(19-9-4-10-31-19)26-27-23(29)32-14-20-25-22(30-28-20)17-7-3-8-18(24)12-17/h2-12H,13-14H2,1H3. The van der Waals surface area contributed by atoms with Gasteiger partial charge in [0.2, 0.25) is 0 Å². The normalized spacial score (nSPS) is 11.2. The molecule has 0 radical (unpaired) electrons. The Morgan fingerprint density at radius 1 is 1.06 bits per heavy atom. The number of benzene rings is 2. The van der Waals surface area contributed by atoms with E-state index in [1.165, 1.54) is 22.9 Å². The highest BCUT2D eigenvalue weighted by molar-refractivity contribution is 7.98. The van der Waals surface area contributed by atoms with Gasteiger partial charge < -0.3 is 4.52 Å². The molecule has 0 amide bonds. The van der Waals surface area contributed by atoms with Crippen LogP contribution in [0, 0.1) is 6.92 Å². The van der Waals surface area contributed by atoms with Gasteiger partial charge >= 0.3 is 0 Å². The average molecular weight is 480 g/mol. The summed E-state index contributed by atoms with van der Waals surface area (Å²) in [6.07, 6.45) is 0. The number of aryl methyl sites for hydroxylation is 1. The van der Waals surface area contributed by atoms with E-state index in [1.54, 1.807) is 17.4 Å². The predicted octanol–water partition coefficient (Wildman–Crippen LogP) is 6.36. The Balaban J connectivity index is 1.39. The summed E-state index contributed by atoms with van der Waals surface area (Å²) >= 11 is 9.26. The minimum absolute atomic E-state index is 0.448. The Morgan fingerprint density at radius 2 is 1.97 bits per heavy atom. The van der Waals surface area contributed by atoms with Gasteiger partial charge in [-0.05, 0) is 42.1 Å². The lowest BCUT2D eigenvalue weighted by Crippen LogP contribution is -2.04. The van der Waals surface area contributed by atoms with Crippen LogP contribution in [0.2, 0.25) is 5.02 Å². The third kappa shape index (κ3) is 4.62. The monoisotopic (exact) mass is 479 g/mol. The van der Waals surface area contributed by atoms with Crippen LogP contribution in [0.15, 0.2) is 75.7 Å². The van der Waals surface area contributed by atoms with Crippen LogP contribution in [0.3, 0.4) is 0 Å². The van der Waals surface area contributed by atoms with Crippen LogP contribution in [-0.4, -0.2) is 24.9 Å². The molecule has 5 aromatic rings. The fourth-order valence-corrected chi connectivity index (χ4v) is 4.99. The summed E-state index contributed by atoms with van der Waals surface area (Å²) in [6.45, 7) is 2.78. The van der Waals surface area contributed by atoms with E-state index in [1.807, 2.05) is 29.6 Å². The molecule has 0 fully saturated rings. The Bertz CT molecular complexity index is 1350. The second-order valence-electron chi connectivity index (χ2n) is 7.17. The van der Waals surface area contributed by atoms with Crippen molar-refractivity contribution in [3.05, 3.63) is 88.0 Å². The van der Waals surface area contributed by atoms with Crippen LogP contribution in [-0.2, 0) is 12.3 Å². The van der Waals surface area contributed by atoms with Gasteiger partial charge in [-0.2, -0.15) is 4.98 Å². The molecular weight excluding hydrogens is 462 g/mol. The van der Waals surface area contributed by atoms with Crippen LogP contribution in [0.5, 0.6) is 0 Å². The molecule has 0 aliphatic rings. The highest BCUT2D eigenvalue weighted by atomic mass is 35.5. The first kappa shape index (κ1) is 20.9. The van der Waals surface area contributed by atoms with Gasteiger partial charge in [0, 0.05) is 10.6 Å². The molecule has 0 aliphatic carbocycles. The number of nitrogens with zero attached hydrogens (tertiary/aromatic N) is 5. The number of hydrogen-bond acceptors (Lipinski definition) is 7. The molecule has 0 saturated heterocycles. The van der Waals surface area contributed by atoms with Crippen molar-refractivity contribution in [2.24, 2.45) is 0 Å². The number of aromatic nitrogens is 5. The van der Waals surface area contributed by atoms with Gasteiger partial charge in [-0.15, -0.1) is 21.5 Å². The molecule has 9 heteroatoms. The number of hydrogen-bond donors (Lipinski definition) is 0. The molecule has 3 heterocycles. The Hall–Kier alpha value is -2.94. The predicted molar refractivity (Wildman–Crippen MR) is 128 cm³/mol. The zero-order chi connectivity index (χ0) is 21.9. The van der Waals surface area contributed by atoms with Crippen molar-refractivity contribution in [2.75, 3.05) is 0 Å². The summed E-state index contributed by atoms with van der Waals surface area (Å²) < 4.78 is 7.57. The smallest absolute Gasteiger partial charge is 0.258 e. The summed E-state index contributed by atoms with van der Waals surface area (Å²) in [7, 11) is 0. The summed E-state index contributed by atoms with van der Waals surface area (Å²) in [5.41, 5.74) is 3.22. The van der Waals surface area contributed by atoms with Crippen molar-refractivity contribution in [2.45, 2.75) is 24.4 Å². The third-order valence-electron chi connectivity index (χ3n) is 4.75. The molecule has 0 aliphatic heterocycles. The zero-order valence-corrected chi connectivity index (χ0v) is 19.5. The SMILES string of the molecule is Cc1cccc(Cn2c(SCc3noc(-c4cccc(Cl)c4)n3)nnc2-c2cccs2)c1. The minimum atomic E-state index is 0.448. The van der Waals surface area contributed by atoms with Gasteiger partial charge in [0.05, 0.1) is 17.2 Å². The highest BCUT2D eigenvalue weighted by Gasteiger charge is 2.17. The Kier molecular flexibility index (Phi) is 6.07. The first-order valence-electron chi connectivity index (χ1n) is 9.89. The Morgan fingerprint density at radius 3 is 2.78 bits per heavy atom. The van der Waals surface area contributed by atoms with Crippen LogP contribution in [0.4, 0.5) is 0 Å². The van der Waals surface area contributed by atoms with Gasteiger partial charge in [-0.1, -0.05) is 70.5 Å². The van der Waals surface area contributed by atoms with Crippen molar-refractivity contribution in [3.63, 3.8) is 0 Å². The molecule has 32 heavy (non-hydrogen) atoms. The van der Waals surface area contributed by atoms with Gasteiger partial charge in [0.25, 0.3) is 5.89 Å². The quantitative estimate of drug-likeness (QED) is 0.253. The molecule has 0 N–H and O–H groups in total. The zero-order valence-electron chi connectivity index (χ0n) is 17.1. The maximum atomic E-state index is 6.07. The molecule has 0 unspecified atom stereocenters. The number of thiophene rings is 1. The highest BCUT2D eigenvalue weighted by Crippen LogP contribution is 2.30. The molecule has 6 nitrogen and oxygen atoms in total. The summed E-state index contributed by atoms with van der Waals surface area (Å²) in [6, 6.07) is 19.9. The van der Waals surface area contributed by atoms with E-state index in [9.17, 15) is 0 Å². The van der Waals surface area contributed by atoms with Crippen LogP contribution < -0.4 is 0 Å². The molecule has 5 rings (SSSR count). The van der Waals surface area contributed by atoms with E-state index in [0.717, 1.165) is 21.4 Å². The molecule has 160 valence electrons. The lowest BCUT2D eigenvalue weighted by molar-refractivity contribution is 0.425. The second kappa shape index (κ2) is 9.28. The van der Waals surface area contributed by atoms with Crippen molar-refractivity contribution in [1.29, 1.82) is 0 Å². The lowest BCUT2D eigenvalue weighted by Gasteiger charge is -2.10.